The molecule has 5 nitrogen and oxygen atoms in total. The van der Waals surface area contributed by atoms with E-state index >= 15 is 0 Å². The number of aromatic amines is 1. The Morgan fingerprint density at radius 2 is 2.05 bits per heavy atom. The molecule has 0 aromatic carbocycles. The Balaban J connectivity index is 3.10. The Bertz CT molecular complexity index is 609. The van der Waals surface area contributed by atoms with Gasteiger partial charge in [0.1, 0.15) is 11.6 Å². The molecule has 20 heavy (non-hydrogen) atoms. The van der Waals surface area contributed by atoms with E-state index in [4.69, 9.17) is 0 Å². The van der Waals surface area contributed by atoms with Gasteiger partial charge in [0.25, 0.3) is 5.56 Å². The second-order valence-corrected chi connectivity index (χ2v) is 4.81. The quantitative estimate of drug-likeness (QED) is 0.814. The standard InChI is InChI=1S/C14H20FN3O2/c1-6-11(9(4)15)10(5)16-12-7-13(19)18(8(2)3)14(20)17-12/h6-8,10,16H,4H2,1-3,5H3,(H,17,20). The van der Waals surface area contributed by atoms with Crippen LogP contribution in [0.4, 0.5) is 10.2 Å². The van der Waals surface area contributed by atoms with Crippen LogP contribution >= 0.6 is 0 Å². The SMILES string of the molecule is C=C(F)C(=CC)C(C)Nc1cc(=O)n(C(C)C)c(=O)[nH]1. The minimum Gasteiger partial charge on any atom is -0.365 e. The normalized spacial score (nSPS) is 13.4. The predicted octanol–water partition coefficient (Wildman–Crippen LogP) is 2.35. The molecule has 0 bridgehead atoms. The van der Waals surface area contributed by atoms with Gasteiger partial charge in [0.2, 0.25) is 0 Å². The van der Waals surface area contributed by atoms with E-state index in [1.54, 1.807) is 33.8 Å². The molecular weight excluding hydrogens is 261 g/mol. The van der Waals surface area contributed by atoms with E-state index in [0.29, 0.717) is 5.57 Å². The number of halogens is 1. The van der Waals surface area contributed by atoms with E-state index in [9.17, 15) is 14.0 Å². The number of H-pyrrole nitrogens is 1. The van der Waals surface area contributed by atoms with Gasteiger partial charge in [-0.15, -0.1) is 0 Å². The minimum atomic E-state index is -0.551. The highest BCUT2D eigenvalue weighted by molar-refractivity contribution is 5.40. The van der Waals surface area contributed by atoms with Gasteiger partial charge in [-0.05, 0) is 27.7 Å². The van der Waals surface area contributed by atoms with Gasteiger partial charge in [-0.1, -0.05) is 12.7 Å². The summed E-state index contributed by atoms with van der Waals surface area (Å²) in [6.45, 7) is 10.2. The molecule has 0 aliphatic heterocycles. The lowest BCUT2D eigenvalue weighted by molar-refractivity contribution is 0.546. The third-order valence-electron chi connectivity index (χ3n) is 2.94. The molecule has 0 fully saturated rings. The summed E-state index contributed by atoms with van der Waals surface area (Å²) >= 11 is 0. The Kier molecular flexibility index (Phi) is 5.07. The maximum absolute atomic E-state index is 13.2. The number of hydrogen-bond donors (Lipinski definition) is 2. The second kappa shape index (κ2) is 6.36. The van der Waals surface area contributed by atoms with Crippen molar-refractivity contribution in [1.29, 1.82) is 0 Å². The highest BCUT2D eigenvalue weighted by Crippen LogP contribution is 2.16. The Labute approximate surface area is 116 Å². The Morgan fingerprint density at radius 1 is 1.45 bits per heavy atom. The number of aromatic nitrogens is 2. The molecule has 6 heteroatoms. The van der Waals surface area contributed by atoms with Gasteiger partial charge in [-0.25, -0.2) is 9.18 Å². The Hall–Kier alpha value is -2.11. The molecule has 1 aromatic heterocycles. The van der Waals surface area contributed by atoms with Crippen molar-refractivity contribution in [3.8, 4) is 0 Å². The lowest BCUT2D eigenvalue weighted by Gasteiger charge is -2.17. The first-order chi connectivity index (χ1) is 9.27. The van der Waals surface area contributed by atoms with E-state index in [0.717, 1.165) is 4.57 Å². The number of anilines is 1. The first kappa shape index (κ1) is 15.9. The van der Waals surface area contributed by atoms with Gasteiger partial charge in [-0.2, -0.15) is 0 Å². The monoisotopic (exact) mass is 281 g/mol. The summed E-state index contributed by atoms with van der Waals surface area (Å²) < 4.78 is 14.3. The van der Waals surface area contributed by atoms with Crippen molar-refractivity contribution in [2.75, 3.05) is 5.32 Å². The molecule has 0 radical (unpaired) electrons. The van der Waals surface area contributed by atoms with Crippen LogP contribution in [0.2, 0.25) is 0 Å². The molecule has 2 N–H and O–H groups in total. The van der Waals surface area contributed by atoms with Crippen molar-refractivity contribution in [3.63, 3.8) is 0 Å². The molecule has 0 aliphatic rings. The summed E-state index contributed by atoms with van der Waals surface area (Å²) in [5, 5.41) is 2.88. The first-order valence-corrected chi connectivity index (χ1v) is 6.41. The number of nitrogens with one attached hydrogen (secondary N) is 2. The van der Waals surface area contributed by atoms with Crippen LogP contribution in [0.5, 0.6) is 0 Å². The van der Waals surface area contributed by atoms with Crippen LogP contribution < -0.4 is 16.6 Å². The van der Waals surface area contributed by atoms with Gasteiger partial charge in [-0.3, -0.25) is 14.3 Å². The number of allylic oxidation sites excluding steroid dienone is 1. The van der Waals surface area contributed by atoms with E-state index in [-0.39, 0.29) is 11.9 Å². The molecule has 1 unspecified atom stereocenters. The summed E-state index contributed by atoms with van der Waals surface area (Å²) in [5.41, 5.74) is -0.526. The minimum absolute atomic E-state index is 0.227. The molecular formula is C14H20FN3O2. The topological polar surface area (TPSA) is 66.9 Å². The molecule has 0 saturated heterocycles. The fourth-order valence-electron chi connectivity index (χ4n) is 2.02. The van der Waals surface area contributed by atoms with Crippen molar-refractivity contribution < 1.29 is 4.39 Å². The predicted molar refractivity (Wildman–Crippen MR) is 78.8 cm³/mol. The lowest BCUT2D eigenvalue weighted by atomic mass is 10.1. The highest BCUT2D eigenvalue weighted by Gasteiger charge is 2.13. The molecule has 0 aliphatic carbocycles. The smallest absolute Gasteiger partial charge is 0.330 e. The van der Waals surface area contributed by atoms with Gasteiger partial charge in [0.05, 0.1) is 6.04 Å². The molecule has 0 spiro atoms. The van der Waals surface area contributed by atoms with Crippen molar-refractivity contribution >= 4 is 5.82 Å². The van der Waals surface area contributed by atoms with E-state index in [2.05, 4.69) is 16.9 Å². The maximum atomic E-state index is 13.2. The molecule has 0 amide bonds. The largest absolute Gasteiger partial charge is 0.365 e. The zero-order chi connectivity index (χ0) is 15.4. The van der Waals surface area contributed by atoms with Crippen molar-refractivity contribution in [1.82, 2.24) is 9.55 Å². The number of hydrogen-bond acceptors (Lipinski definition) is 3. The number of rotatable bonds is 5. The third-order valence-corrected chi connectivity index (χ3v) is 2.94. The molecule has 1 atom stereocenters. The van der Waals surface area contributed by atoms with Crippen LogP contribution in [-0.4, -0.2) is 15.6 Å². The summed E-state index contributed by atoms with van der Waals surface area (Å²) in [6.07, 6.45) is 1.59. The van der Waals surface area contributed by atoms with Crippen LogP contribution in [-0.2, 0) is 0 Å². The van der Waals surface area contributed by atoms with Crippen molar-refractivity contribution in [2.45, 2.75) is 39.8 Å². The van der Waals surface area contributed by atoms with E-state index in [1.165, 1.54) is 6.07 Å². The van der Waals surface area contributed by atoms with Crippen LogP contribution in [0.3, 0.4) is 0 Å². The second-order valence-electron chi connectivity index (χ2n) is 4.81. The van der Waals surface area contributed by atoms with Gasteiger partial charge in [0, 0.05) is 17.7 Å². The van der Waals surface area contributed by atoms with Crippen LogP contribution in [0, 0.1) is 0 Å². The van der Waals surface area contributed by atoms with Crippen LogP contribution in [0.1, 0.15) is 33.7 Å². The van der Waals surface area contributed by atoms with Gasteiger partial charge in [0.15, 0.2) is 0 Å². The molecule has 1 heterocycles. The average molecular weight is 281 g/mol. The zero-order valence-electron chi connectivity index (χ0n) is 12.2. The van der Waals surface area contributed by atoms with E-state index in [1.807, 2.05) is 0 Å². The first-order valence-electron chi connectivity index (χ1n) is 6.41. The van der Waals surface area contributed by atoms with Gasteiger partial charge >= 0.3 is 5.69 Å². The highest BCUT2D eigenvalue weighted by atomic mass is 19.1. The fourth-order valence-corrected chi connectivity index (χ4v) is 2.02. The summed E-state index contributed by atoms with van der Waals surface area (Å²) in [5.74, 6) is -0.296. The fraction of sp³-hybridized carbons (Fsp3) is 0.429. The van der Waals surface area contributed by atoms with Crippen LogP contribution in [0.25, 0.3) is 0 Å². The average Bonchev–Trinajstić information content (AvgIpc) is 2.27. The van der Waals surface area contributed by atoms with Gasteiger partial charge < -0.3 is 5.32 Å². The summed E-state index contributed by atoms with van der Waals surface area (Å²) in [7, 11) is 0. The molecule has 1 rings (SSSR count). The maximum Gasteiger partial charge on any atom is 0.330 e. The van der Waals surface area contributed by atoms with Crippen LogP contribution in [0.15, 0.2) is 39.7 Å². The summed E-state index contributed by atoms with van der Waals surface area (Å²) in [6, 6.07) is 0.642. The van der Waals surface area contributed by atoms with Crippen molar-refractivity contribution in [2.24, 2.45) is 0 Å². The zero-order valence-corrected chi connectivity index (χ0v) is 12.2. The van der Waals surface area contributed by atoms with Crippen molar-refractivity contribution in [3.05, 3.63) is 51.0 Å². The molecule has 110 valence electrons. The summed E-state index contributed by atoms with van der Waals surface area (Å²) in [4.78, 5) is 26.2. The molecule has 1 aromatic rings. The number of nitrogens with zero attached hydrogens (tertiary/aromatic N) is 1. The van der Waals surface area contributed by atoms with E-state index < -0.39 is 23.1 Å². The Morgan fingerprint density at radius 3 is 2.45 bits per heavy atom. The third kappa shape index (κ3) is 3.46. The lowest BCUT2D eigenvalue weighted by Crippen LogP contribution is -2.37. The molecule has 0 saturated carbocycles.